The van der Waals surface area contributed by atoms with Gasteiger partial charge in [0.25, 0.3) is 0 Å². The zero-order valence-electron chi connectivity index (χ0n) is 12.7. The third kappa shape index (κ3) is 1.50. The molecule has 4 nitrogen and oxygen atoms in total. The van der Waals surface area contributed by atoms with Crippen molar-refractivity contribution in [1.82, 2.24) is 0 Å². The van der Waals surface area contributed by atoms with Crippen molar-refractivity contribution in [2.75, 3.05) is 7.11 Å². The number of carbonyl (C=O) groups excluding carboxylic acids is 1. The molecule has 4 fully saturated rings. The second-order valence-electron chi connectivity index (χ2n) is 7.54. The highest BCUT2D eigenvalue weighted by atomic mass is 16.6. The zero-order valence-corrected chi connectivity index (χ0v) is 12.7. The molecule has 22 heavy (non-hydrogen) atoms. The Balaban J connectivity index is 1.67. The lowest BCUT2D eigenvalue weighted by Gasteiger charge is -2.54. The normalized spacial score (nSPS) is 36.7. The number of hydrogen-bond acceptors (Lipinski definition) is 4. The van der Waals surface area contributed by atoms with Crippen molar-refractivity contribution in [1.29, 1.82) is 0 Å². The molecule has 6 rings (SSSR count). The van der Waals surface area contributed by atoms with Crippen LogP contribution < -0.4 is 9.47 Å². The Morgan fingerprint density at radius 2 is 1.73 bits per heavy atom. The molecule has 1 aliphatic heterocycles. The molecule has 1 N–H and O–H groups in total. The van der Waals surface area contributed by atoms with E-state index in [1.165, 1.54) is 39.2 Å². The number of rotatable bonds is 3. The van der Waals surface area contributed by atoms with Gasteiger partial charge in [0.2, 0.25) is 11.5 Å². The molecule has 4 saturated carbocycles. The van der Waals surface area contributed by atoms with E-state index in [-0.39, 0.29) is 11.7 Å². The molecule has 0 unspecified atom stereocenters. The number of phenolic OH excluding ortho intramolecular Hbond substituents is 1. The maximum atomic E-state index is 11.6. The molecule has 4 bridgehead atoms. The highest BCUT2D eigenvalue weighted by molar-refractivity contribution is 5.92. The minimum absolute atomic E-state index is 0.137. The van der Waals surface area contributed by atoms with Crippen LogP contribution in [-0.4, -0.2) is 18.5 Å². The van der Waals surface area contributed by atoms with Gasteiger partial charge in [-0.15, -0.1) is 0 Å². The van der Waals surface area contributed by atoms with Gasteiger partial charge in [0.15, 0.2) is 17.8 Å². The highest BCUT2D eigenvalue weighted by Gasteiger charge is 2.51. The molecule has 5 aliphatic rings. The van der Waals surface area contributed by atoms with Gasteiger partial charge in [-0.1, -0.05) is 0 Å². The number of aromatic hydroxyl groups is 1. The Morgan fingerprint density at radius 1 is 1.09 bits per heavy atom. The van der Waals surface area contributed by atoms with Crippen LogP contribution in [0, 0.1) is 23.7 Å². The van der Waals surface area contributed by atoms with Crippen LogP contribution in [0.25, 0.3) is 0 Å². The van der Waals surface area contributed by atoms with Crippen LogP contribution in [0.3, 0.4) is 0 Å². The summed E-state index contributed by atoms with van der Waals surface area (Å²) < 4.78 is 10.7. The summed E-state index contributed by atoms with van der Waals surface area (Å²) in [7, 11) is 1.54. The summed E-state index contributed by atoms with van der Waals surface area (Å²) in [5.74, 6) is 4.91. The van der Waals surface area contributed by atoms with Crippen LogP contribution in [0.1, 0.15) is 53.9 Å². The first-order chi connectivity index (χ1) is 10.7. The molecule has 4 aliphatic carbocycles. The van der Waals surface area contributed by atoms with Crippen LogP contribution in [0.2, 0.25) is 0 Å². The lowest BCUT2D eigenvalue weighted by Crippen LogP contribution is -2.44. The van der Waals surface area contributed by atoms with Crippen molar-refractivity contribution in [2.45, 2.75) is 38.0 Å². The van der Waals surface area contributed by atoms with E-state index in [2.05, 4.69) is 0 Å². The molecule has 1 heterocycles. The van der Waals surface area contributed by atoms with Gasteiger partial charge in [-0.05, 0) is 61.7 Å². The summed E-state index contributed by atoms with van der Waals surface area (Å²) >= 11 is 0. The standard InChI is InChI=1S/C18H20O4/c1-21-17-15(20)14(12(7-19)16-18(17)22-16)13-10-3-8-2-9(5-10)6-11(13)4-8/h7-11,13,20H,2-6H2,1H3. The average Bonchev–Trinajstić information content (AvgIpc) is 3.26. The molecule has 0 spiro atoms. The molecule has 0 atom stereocenters. The second kappa shape index (κ2) is 4.18. The predicted octanol–water partition coefficient (Wildman–Crippen LogP) is 3.86. The Bertz CT molecular complexity index is 650. The Kier molecular flexibility index (Phi) is 2.43. The van der Waals surface area contributed by atoms with Crippen molar-refractivity contribution in [3.05, 3.63) is 11.1 Å². The summed E-state index contributed by atoms with van der Waals surface area (Å²) in [5.41, 5.74) is 1.36. The molecular formula is C18H20O4. The molecule has 0 aromatic heterocycles. The fourth-order valence-corrected chi connectivity index (χ4v) is 5.92. The molecule has 1 aromatic rings. The first-order valence-electron chi connectivity index (χ1n) is 8.31. The molecule has 4 heteroatoms. The Hall–Kier alpha value is -1.71. The van der Waals surface area contributed by atoms with E-state index in [0.29, 0.717) is 34.6 Å². The number of aldehydes is 1. The van der Waals surface area contributed by atoms with Crippen LogP contribution in [0.5, 0.6) is 23.0 Å². The van der Waals surface area contributed by atoms with Crippen LogP contribution in [-0.2, 0) is 0 Å². The monoisotopic (exact) mass is 300 g/mol. The number of hydrogen-bond donors (Lipinski definition) is 1. The van der Waals surface area contributed by atoms with Crippen molar-refractivity contribution >= 4 is 6.29 Å². The van der Waals surface area contributed by atoms with Crippen molar-refractivity contribution in [2.24, 2.45) is 23.7 Å². The van der Waals surface area contributed by atoms with Gasteiger partial charge in [-0.3, -0.25) is 4.79 Å². The molecule has 0 amide bonds. The van der Waals surface area contributed by atoms with E-state index in [1.807, 2.05) is 0 Å². The summed E-state index contributed by atoms with van der Waals surface area (Å²) in [5, 5.41) is 10.7. The number of phenols is 1. The van der Waals surface area contributed by atoms with E-state index in [4.69, 9.17) is 9.47 Å². The molecule has 0 saturated heterocycles. The van der Waals surface area contributed by atoms with Crippen molar-refractivity contribution < 1.29 is 19.4 Å². The highest BCUT2D eigenvalue weighted by Crippen LogP contribution is 2.66. The number of ether oxygens (including phenoxy) is 2. The Morgan fingerprint density at radius 3 is 2.27 bits per heavy atom. The summed E-state index contributed by atoms with van der Waals surface area (Å²) in [6.45, 7) is 0. The minimum Gasteiger partial charge on any atom is -0.504 e. The average molecular weight is 300 g/mol. The van der Waals surface area contributed by atoms with E-state index >= 15 is 0 Å². The number of carbonyl (C=O) groups is 1. The number of fused-ring (bicyclic) bond motifs is 1. The Labute approximate surface area is 129 Å². The molecule has 116 valence electrons. The van der Waals surface area contributed by atoms with Crippen molar-refractivity contribution in [3.8, 4) is 23.0 Å². The van der Waals surface area contributed by atoms with Crippen molar-refractivity contribution in [3.63, 3.8) is 0 Å². The SMILES string of the molecule is COc1c(O)c(C2C3CC4CC(C3)CC2C4)c(C=O)c2c1O2. The van der Waals surface area contributed by atoms with E-state index in [1.54, 1.807) is 0 Å². The third-order valence-electron chi connectivity index (χ3n) is 6.46. The third-order valence-corrected chi connectivity index (χ3v) is 6.46. The van der Waals surface area contributed by atoms with Gasteiger partial charge in [0, 0.05) is 5.56 Å². The lowest BCUT2D eigenvalue weighted by molar-refractivity contribution is -0.00368. The molecule has 1 aromatic carbocycles. The number of methoxy groups -OCH3 is 1. The lowest BCUT2D eigenvalue weighted by atomic mass is 9.50. The van der Waals surface area contributed by atoms with E-state index < -0.39 is 0 Å². The predicted molar refractivity (Wildman–Crippen MR) is 79.9 cm³/mol. The van der Waals surface area contributed by atoms with Crippen LogP contribution in [0.15, 0.2) is 0 Å². The van der Waals surface area contributed by atoms with Gasteiger partial charge in [0.1, 0.15) is 0 Å². The quantitative estimate of drug-likeness (QED) is 0.690. The van der Waals surface area contributed by atoms with Gasteiger partial charge >= 0.3 is 0 Å². The molecule has 0 radical (unpaired) electrons. The van der Waals surface area contributed by atoms with Crippen LogP contribution in [0.4, 0.5) is 0 Å². The largest absolute Gasteiger partial charge is 0.504 e. The summed E-state index contributed by atoms with van der Waals surface area (Å²) in [4.78, 5) is 11.6. The maximum absolute atomic E-state index is 11.6. The second-order valence-corrected chi connectivity index (χ2v) is 7.54. The fourth-order valence-electron chi connectivity index (χ4n) is 5.92. The number of benzene rings is 1. The van der Waals surface area contributed by atoms with E-state index in [0.717, 1.165) is 23.7 Å². The van der Waals surface area contributed by atoms with Gasteiger partial charge < -0.3 is 14.6 Å². The summed E-state index contributed by atoms with van der Waals surface area (Å²) in [6.07, 6.45) is 7.23. The first-order valence-corrected chi connectivity index (χ1v) is 8.31. The van der Waals surface area contributed by atoms with Gasteiger partial charge in [-0.25, -0.2) is 0 Å². The summed E-state index contributed by atoms with van der Waals surface area (Å²) in [6, 6.07) is 0. The zero-order chi connectivity index (χ0) is 15.0. The van der Waals surface area contributed by atoms with Crippen LogP contribution >= 0.6 is 0 Å². The smallest absolute Gasteiger partial charge is 0.216 e. The minimum atomic E-state index is 0.137. The maximum Gasteiger partial charge on any atom is 0.216 e. The first kappa shape index (κ1) is 12.8. The molecular weight excluding hydrogens is 280 g/mol. The van der Waals surface area contributed by atoms with E-state index in [9.17, 15) is 9.90 Å². The topological polar surface area (TPSA) is 59.1 Å². The van der Waals surface area contributed by atoms with Gasteiger partial charge in [-0.2, -0.15) is 0 Å². The van der Waals surface area contributed by atoms with Gasteiger partial charge in [0.05, 0.1) is 12.7 Å². The fraction of sp³-hybridized carbons (Fsp3) is 0.611.